The molecule has 2 amide bonds. The number of piperidine rings is 1. The van der Waals surface area contributed by atoms with Crippen molar-refractivity contribution in [3.05, 3.63) is 58.6 Å². The number of carbonyl (C=O) groups is 2. The number of carbonyl (C=O) groups excluding carboxylic acids is 2. The van der Waals surface area contributed by atoms with Crippen LogP contribution >= 0.6 is 11.6 Å². The van der Waals surface area contributed by atoms with Gasteiger partial charge in [-0.3, -0.25) is 9.59 Å². The summed E-state index contributed by atoms with van der Waals surface area (Å²) in [6, 6.07) is 12.4. The Labute approximate surface area is 175 Å². The average molecular weight is 417 g/mol. The number of ether oxygens (including phenoxy) is 2. The Bertz CT molecular complexity index is 879. The van der Waals surface area contributed by atoms with Crippen molar-refractivity contribution in [1.29, 1.82) is 0 Å². The Morgan fingerprint density at radius 2 is 1.79 bits per heavy atom. The summed E-state index contributed by atoms with van der Waals surface area (Å²) in [5.41, 5.74) is 1.42. The fraction of sp³-hybridized carbons (Fsp3) is 0.364. The first-order chi connectivity index (χ1) is 14.0. The van der Waals surface area contributed by atoms with Crippen molar-refractivity contribution < 1.29 is 19.1 Å². The lowest BCUT2D eigenvalue weighted by Gasteiger charge is -2.32. The molecule has 0 bridgehead atoms. The summed E-state index contributed by atoms with van der Waals surface area (Å²) in [6.07, 6.45) is 1.76. The summed E-state index contributed by atoms with van der Waals surface area (Å²) in [5.74, 6) is 1.18. The van der Waals surface area contributed by atoms with Gasteiger partial charge in [-0.1, -0.05) is 23.7 Å². The second-order valence-electron chi connectivity index (χ2n) is 7.00. The van der Waals surface area contributed by atoms with Gasteiger partial charge >= 0.3 is 0 Å². The molecule has 0 radical (unpaired) electrons. The van der Waals surface area contributed by atoms with E-state index in [9.17, 15) is 9.59 Å². The molecule has 0 unspecified atom stereocenters. The van der Waals surface area contributed by atoms with Crippen LogP contribution in [-0.4, -0.2) is 50.1 Å². The van der Waals surface area contributed by atoms with Crippen LogP contribution in [0, 0.1) is 0 Å². The van der Waals surface area contributed by atoms with Crippen molar-refractivity contribution in [3.8, 4) is 11.5 Å². The highest BCUT2D eigenvalue weighted by Crippen LogP contribution is 2.28. The Hall–Kier alpha value is -2.73. The molecule has 2 aromatic carbocycles. The van der Waals surface area contributed by atoms with Crippen LogP contribution in [0.1, 0.15) is 28.8 Å². The standard InChI is InChI=1S/C22H25ClN2O4/c1-28-19-7-6-15(12-20(19)29-2)13-21(26)25-10-8-18(9-11-25)24-22(27)16-4-3-5-17(23)14-16/h3-7,12,14,18H,8-11,13H2,1-2H3,(H,24,27). The van der Waals surface area contributed by atoms with E-state index in [-0.39, 0.29) is 17.9 Å². The van der Waals surface area contributed by atoms with Crippen LogP contribution in [0.5, 0.6) is 11.5 Å². The molecule has 0 spiro atoms. The highest BCUT2D eigenvalue weighted by atomic mass is 35.5. The first-order valence-electron chi connectivity index (χ1n) is 9.55. The molecule has 3 rings (SSSR count). The summed E-state index contributed by atoms with van der Waals surface area (Å²) in [7, 11) is 3.16. The molecule has 7 heteroatoms. The zero-order chi connectivity index (χ0) is 20.8. The van der Waals surface area contributed by atoms with Crippen LogP contribution in [0.4, 0.5) is 0 Å². The van der Waals surface area contributed by atoms with Gasteiger partial charge in [0.1, 0.15) is 0 Å². The average Bonchev–Trinajstić information content (AvgIpc) is 2.74. The van der Waals surface area contributed by atoms with Gasteiger partial charge in [0.25, 0.3) is 5.91 Å². The van der Waals surface area contributed by atoms with Crippen molar-refractivity contribution in [1.82, 2.24) is 10.2 Å². The van der Waals surface area contributed by atoms with Gasteiger partial charge in [-0.2, -0.15) is 0 Å². The monoisotopic (exact) mass is 416 g/mol. The van der Waals surface area contributed by atoms with Crippen molar-refractivity contribution in [3.63, 3.8) is 0 Å². The van der Waals surface area contributed by atoms with Gasteiger partial charge in [0, 0.05) is 29.7 Å². The highest BCUT2D eigenvalue weighted by Gasteiger charge is 2.24. The molecule has 1 saturated heterocycles. The smallest absolute Gasteiger partial charge is 0.251 e. The zero-order valence-corrected chi connectivity index (χ0v) is 17.4. The Morgan fingerprint density at radius 3 is 2.45 bits per heavy atom. The van der Waals surface area contributed by atoms with Gasteiger partial charge < -0.3 is 19.7 Å². The number of halogens is 1. The van der Waals surface area contributed by atoms with Gasteiger partial charge in [-0.15, -0.1) is 0 Å². The largest absolute Gasteiger partial charge is 0.493 e. The predicted molar refractivity (Wildman–Crippen MR) is 112 cm³/mol. The van der Waals surface area contributed by atoms with E-state index < -0.39 is 0 Å². The third-order valence-electron chi connectivity index (χ3n) is 5.07. The number of rotatable bonds is 6. The number of nitrogens with one attached hydrogen (secondary N) is 1. The predicted octanol–water partition coefficient (Wildman–Crippen LogP) is 3.32. The van der Waals surface area contributed by atoms with E-state index in [0.717, 1.165) is 18.4 Å². The van der Waals surface area contributed by atoms with Gasteiger partial charge in [0.2, 0.25) is 5.91 Å². The van der Waals surface area contributed by atoms with Crippen LogP contribution in [0.15, 0.2) is 42.5 Å². The maximum Gasteiger partial charge on any atom is 0.251 e. The molecule has 0 saturated carbocycles. The molecule has 1 fully saturated rings. The molecule has 0 aliphatic carbocycles. The van der Waals surface area contributed by atoms with Gasteiger partial charge in [0.15, 0.2) is 11.5 Å². The van der Waals surface area contributed by atoms with Crippen molar-refractivity contribution in [2.75, 3.05) is 27.3 Å². The summed E-state index contributed by atoms with van der Waals surface area (Å²) in [5, 5.41) is 3.57. The number of nitrogens with zero attached hydrogens (tertiary/aromatic N) is 1. The molecule has 154 valence electrons. The minimum Gasteiger partial charge on any atom is -0.493 e. The lowest BCUT2D eigenvalue weighted by atomic mass is 10.0. The van der Waals surface area contributed by atoms with Crippen LogP contribution < -0.4 is 14.8 Å². The normalized spacial score (nSPS) is 14.4. The molecule has 1 N–H and O–H groups in total. The van der Waals surface area contributed by atoms with E-state index in [1.54, 1.807) is 44.6 Å². The van der Waals surface area contributed by atoms with E-state index in [0.29, 0.717) is 41.6 Å². The molecule has 6 nitrogen and oxygen atoms in total. The van der Waals surface area contributed by atoms with Gasteiger partial charge in [-0.05, 0) is 48.7 Å². The summed E-state index contributed by atoms with van der Waals surface area (Å²) >= 11 is 5.95. The zero-order valence-electron chi connectivity index (χ0n) is 16.6. The van der Waals surface area contributed by atoms with Crippen LogP contribution in [-0.2, 0) is 11.2 Å². The van der Waals surface area contributed by atoms with Crippen molar-refractivity contribution in [2.24, 2.45) is 0 Å². The van der Waals surface area contributed by atoms with E-state index in [1.807, 2.05) is 17.0 Å². The maximum absolute atomic E-state index is 12.7. The molecule has 29 heavy (non-hydrogen) atoms. The van der Waals surface area contributed by atoms with Crippen molar-refractivity contribution >= 4 is 23.4 Å². The Kier molecular flexibility index (Phi) is 6.99. The third-order valence-corrected chi connectivity index (χ3v) is 5.31. The molecule has 1 aliphatic heterocycles. The third kappa shape index (κ3) is 5.41. The fourth-order valence-corrected chi connectivity index (χ4v) is 3.64. The number of benzene rings is 2. The van der Waals surface area contributed by atoms with Gasteiger partial charge in [-0.25, -0.2) is 0 Å². The second kappa shape index (κ2) is 9.65. The first-order valence-corrected chi connectivity index (χ1v) is 9.93. The quantitative estimate of drug-likeness (QED) is 0.784. The lowest BCUT2D eigenvalue weighted by Crippen LogP contribution is -2.47. The topological polar surface area (TPSA) is 67.9 Å². The molecule has 2 aromatic rings. The van der Waals surface area contributed by atoms with E-state index in [1.165, 1.54) is 0 Å². The molecule has 0 atom stereocenters. The highest BCUT2D eigenvalue weighted by molar-refractivity contribution is 6.30. The maximum atomic E-state index is 12.7. The summed E-state index contributed by atoms with van der Waals surface area (Å²) in [4.78, 5) is 26.9. The molecule has 0 aromatic heterocycles. The number of hydrogen-bond donors (Lipinski definition) is 1. The summed E-state index contributed by atoms with van der Waals surface area (Å²) < 4.78 is 10.5. The van der Waals surface area contributed by atoms with E-state index in [4.69, 9.17) is 21.1 Å². The van der Waals surface area contributed by atoms with Crippen LogP contribution in [0.2, 0.25) is 5.02 Å². The molecule has 1 heterocycles. The number of hydrogen-bond acceptors (Lipinski definition) is 4. The van der Waals surface area contributed by atoms with E-state index in [2.05, 4.69) is 5.32 Å². The van der Waals surface area contributed by atoms with Crippen molar-refractivity contribution in [2.45, 2.75) is 25.3 Å². The number of amides is 2. The number of methoxy groups -OCH3 is 2. The fourth-order valence-electron chi connectivity index (χ4n) is 3.45. The van der Waals surface area contributed by atoms with Crippen LogP contribution in [0.3, 0.4) is 0 Å². The number of likely N-dealkylation sites (tertiary alicyclic amines) is 1. The molecule has 1 aliphatic rings. The first kappa shape index (κ1) is 21.0. The Morgan fingerprint density at radius 1 is 1.07 bits per heavy atom. The van der Waals surface area contributed by atoms with E-state index >= 15 is 0 Å². The minimum absolute atomic E-state index is 0.0478. The minimum atomic E-state index is -0.136. The summed E-state index contributed by atoms with van der Waals surface area (Å²) in [6.45, 7) is 1.24. The lowest BCUT2D eigenvalue weighted by molar-refractivity contribution is -0.131. The van der Waals surface area contributed by atoms with Gasteiger partial charge in [0.05, 0.1) is 20.6 Å². The molecular formula is C22H25ClN2O4. The van der Waals surface area contributed by atoms with Crippen LogP contribution in [0.25, 0.3) is 0 Å². The second-order valence-corrected chi connectivity index (χ2v) is 7.44. The SMILES string of the molecule is COc1ccc(CC(=O)N2CCC(NC(=O)c3cccc(Cl)c3)CC2)cc1OC. The Balaban J connectivity index is 1.51. The molecular weight excluding hydrogens is 392 g/mol.